The number of piperazine rings is 2. The molecule has 3 aliphatic rings. The van der Waals surface area contributed by atoms with Crippen LogP contribution in [0.5, 0.6) is 0 Å². The molecule has 1 unspecified atom stereocenters. The molecule has 0 aromatic carbocycles. The zero-order valence-electron chi connectivity index (χ0n) is 9.76. The van der Waals surface area contributed by atoms with Crippen molar-refractivity contribution in [1.29, 1.82) is 0 Å². The molecule has 3 saturated heterocycles. The third-order valence-electron chi connectivity index (χ3n) is 3.95. The number of nitrogens with zero attached hydrogens (tertiary/aromatic N) is 3. The minimum absolute atomic E-state index is 0.0908. The Balaban J connectivity index is 1.71. The van der Waals surface area contributed by atoms with Crippen molar-refractivity contribution in [2.75, 3.05) is 53.0 Å². The average molecular weight is 225 g/mol. The fraction of sp³-hybridized carbons (Fsp3) is 0.909. The first kappa shape index (κ1) is 10.5. The first-order valence-corrected chi connectivity index (χ1v) is 6.06. The lowest BCUT2D eigenvalue weighted by Gasteiger charge is -2.49. The van der Waals surface area contributed by atoms with Crippen LogP contribution >= 0.6 is 0 Å². The van der Waals surface area contributed by atoms with E-state index in [4.69, 9.17) is 4.74 Å². The van der Waals surface area contributed by atoms with E-state index in [1.54, 1.807) is 0 Å². The highest BCUT2D eigenvalue weighted by atomic mass is 16.5. The molecule has 1 amide bonds. The van der Waals surface area contributed by atoms with Gasteiger partial charge in [0.05, 0.1) is 19.3 Å². The molecule has 0 aromatic heterocycles. The van der Waals surface area contributed by atoms with E-state index in [0.29, 0.717) is 11.9 Å². The van der Waals surface area contributed by atoms with Crippen LogP contribution in [-0.4, -0.2) is 85.7 Å². The predicted octanol–water partition coefficient (Wildman–Crippen LogP) is -1.16. The van der Waals surface area contributed by atoms with Crippen molar-refractivity contribution < 1.29 is 9.53 Å². The number of fused-ring (bicyclic) bond motifs is 1. The third kappa shape index (κ3) is 1.63. The van der Waals surface area contributed by atoms with Gasteiger partial charge in [-0.05, 0) is 7.05 Å². The molecule has 16 heavy (non-hydrogen) atoms. The lowest BCUT2D eigenvalue weighted by atomic mass is 10.0. The smallest absolute Gasteiger partial charge is 0.241 e. The van der Waals surface area contributed by atoms with Crippen molar-refractivity contribution in [3.8, 4) is 0 Å². The standard InChI is InChI=1S/C11H19N3O2/c1-12-2-3-13-4-5-14(9-7-16-8-9)11(15)10(13)6-12/h9-10H,2-8H2,1H3. The van der Waals surface area contributed by atoms with Gasteiger partial charge in [-0.2, -0.15) is 0 Å². The van der Waals surface area contributed by atoms with Gasteiger partial charge in [-0.15, -0.1) is 0 Å². The van der Waals surface area contributed by atoms with Gasteiger partial charge in [0.15, 0.2) is 0 Å². The van der Waals surface area contributed by atoms with E-state index in [1.165, 1.54) is 0 Å². The molecule has 3 aliphatic heterocycles. The summed E-state index contributed by atoms with van der Waals surface area (Å²) in [5.74, 6) is 0.311. The fourth-order valence-corrected chi connectivity index (χ4v) is 2.76. The van der Waals surface area contributed by atoms with Crippen molar-refractivity contribution in [2.24, 2.45) is 0 Å². The van der Waals surface area contributed by atoms with Crippen LogP contribution in [-0.2, 0) is 9.53 Å². The Morgan fingerprint density at radius 2 is 1.94 bits per heavy atom. The molecule has 0 aliphatic carbocycles. The number of carbonyl (C=O) groups excluding carboxylic acids is 1. The first-order valence-electron chi connectivity index (χ1n) is 6.06. The molecule has 0 aromatic rings. The quantitative estimate of drug-likeness (QED) is 0.564. The Labute approximate surface area is 95.9 Å². The zero-order chi connectivity index (χ0) is 11.1. The molecular weight excluding hydrogens is 206 g/mol. The molecule has 0 spiro atoms. The number of carbonyl (C=O) groups is 1. The van der Waals surface area contributed by atoms with Crippen molar-refractivity contribution >= 4 is 5.91 Å². The number of likely N-dealkylation sites (N-methyl/N-ethyl adjacent to an activating group) is 1. The van der Waals surface area contributed by atoms with Crippen molar-refractivity contribution in [1.82, 2.24) is 14.7 Å². The molecule has 0 saturated carbocycles. The minimum atomic E-state index is 0.0908. The van der Waals surface area contributed by atoms with Crippen LogP contribution < -0.4 is 0 Å². The number of amides is 1. The number of ether oxygens (including phenoxy) is 1. The molecule has 1 atom stereocenters. The SMILES string of the molecule is CN1CCN2CCN(C3COC3)C(=O)C2C1. The van der Waals surface area contributed by atoms with Crippen molar-refractivity contribution in [3.63, 3.8) is 0 Å². The van der Waals surface area contributed by atoms with Crippen LogP contribution in [0.4, 0.5) is 0 Å². The Morgan fingerprint density at radius 3 is 2.62 bits per heavy atom. The number of hydrogen-bond acceptors (Lipinski definition) is 4. The van der Waals surface area contributed by atoms with Crippen molar-refractivity contribution in [3.05, 3.63) is 0 Å². The van der Waals surface area contributed by atoms with E-state index in [2.05, 4.69) is 16.8 Å². The lowest BCUT2D eigenvalue weighted by Crippen LogP contribution is -2.67. The molecule has 5 nitrogen and oxygen atoms in total. The Bertz CT molecular complexity index is 293. The normalized spacial score (nSPS) is 33.7. The number of rotatable bonds is 1. The summed E-state index contributed by atoms with van der Waals surface area (Å²) < 4.78 is 5.18. The summed E-state index contributed by atoms with van der Waals surface area (Å²) in [7, 11) is 2.09. The molecular formula is C11H19N3O2. The van der Waals surface area contributed by atoms with E-state index in [1.807, 2.05) is 4.90 Å². The monoisotopic (exact) mass is 225 g/mol. The first-order chi connectivity index (χ1) is 7.75. The van der Waals surface area contributed by atoms with Gasteiger partial charge in [0.1, 0.15) is 6.04 Å². The summed E-state index contributed by atoms with van der Waals surface area (Å²) in [5.41, 5.74) is 0. The van der Waals surface area contributed by atoms with Gasteiger partial charge in [-0.1, -0.05) is 0 Å². The van der Waals surface area contributed by atoms with Crippen LogP contribution in [0.1, 0.15) is 0 Å². The molecule has 0 radical (unpaired) electrons. The predicted molar refractivity (Wildman–Crippen MR) is 59.2 cm³/mol. The second-order valence-electron chi connectivity index (χ2n) is 5.04. The highest BCUT2D eigenvalue weighted by molar-refractivity contribution is 5.83. The van der Waals surface area contributed by atoms with Crippen LogP contribution in [0, 0.1) is 0 Å². The molecule has 0 bridgehead atoms. The molecule has 3 heterocycles. The highest BCUT2D eigenvalue weighted by Gasteiger charge is 2.41. The zero-order valence-corrected chi connectivity index (χ0v) is 9.76. The number of hydrogen-bond donors (Lipinski definition) is 0. The van der Waals surface area contributed by atoms with E-state index < -0.39 is 0 Å². The maximum absolute atomic E-state index is 12.3. The van der Waals surface area contributed by atoms with Crippen LogP contribution in [0.25, 0.3) is 0 Å². The molecule has 0 N–H and O–H groups in total. The summed E-state index contributed by atoms with van der Waals surface area (Å²) in [6.45, 7) is 6.36. The van der Waals surface area contributed by atoms with E-state index in [9.17, 15) is 4.79 Å². The van der Waals surface area contributed by atoms with Crippen molar-refractivity contribution in [2.45, 2.75) is 12.1 Å². The largest absolute Gasteiger partial charge is 0.377 e. The summed E-state index contributed by atoms with van der Waals surface area (Å²) in [4.78, 5) is 19.0. The maximum atomic E-state index is 12.3. The average Bonchev–Trinajstić information content (AvgIpc) is 2.20. The fourth-order valence-electron chi connectivity index (χ4n) is 2.76. The van der Waals surface area contributed by atoms with Gasteiger partial charge in [0, 0.05) is 32.7 Å². The summed E-state index contributed by atoms with van der Waals surface area (Å²) in [5, 5.41) is 0. The van der Waals surface area contributed by atoms with Crippen LogP contribution in [0.2, 0.25) is 0 Å². The Hall–Kier alpha value is -0.650. The highest BCUT2D eigenvalue weighted by Crippen LogP contribution is 2.20. The van der Waals surface area contributed by atoms with Crippen LogP contribution in [0.15, 0.2) is 0 Å². The maximum Gasteiger partial charge on any atom is 0.241 e. The van der Waals surface area contributed by atoms with Crippen LogP contribution in [0.3, 0.4) is 0 Å². The van der Waals surface area contributed by atoms with Gasteiger partial charge >= 0.3 is 0 Å². The minimum Gasteiger partial charge on any atom is -0.377 e. The topological polar surface area (TPSA) is 36.0 Å². The molecule has 3 fully saturated rings. The summed E-state index contributed by atoms with van der Waals surface area (Å²) in [6.07, 6.45) is 0. The Morgan fingerprint density at radius 1 is 1.19 bits per heavy atom. The molecule has 5 heteroatoms. The summed E-state index contributed by atoms with van der Waals surface area (Å²) >= 11 is 0. The lowest BCUT2D eigenvalue weighted by molar-refractivity contribution is -0.159. The molecule has 90 valence electrons. The van der Waals surface area contributed by atoms with E-state index in [0.717, 1.165) is 45.9 Å². The van der Waals surface area contributed by atoms with E-state index in [-0.39, 0.29) is 6.04 Å². The second-order valence-corrected chi connectivity index (χ2v) is 5.04. The summed E-state index contributed by atoms with van der Waals surface area (Å²) in [6, 6.07) is 0.440. The van der Waals surface area contributed by atoms with Gasteiger partial charge in [-0.25, -0.2) is 0 Å². The van der Waals surface area contributed by atoms with Gasteiger partial charge in [0.25, 0.3) is 0 Å². The van der Waals surface area contributed by atoms with Gasteiger partial charge in [0.2, 0.25) is 5.91 Å². The molecule has 3 rings (SSSR count). The van der Waals surface area contributed by atoms with Gasteiger partial charge in [-0.3, -0.25) is 9.69 Å². The second kappa shape index (κ2) is 3.98. The van der Waals surface area contributed by atoms with E-state index >= 15 is 0 Å². The third-order valence-corrected chi connectivity index (χ3v) is 3.95. The van der Waals surface area contributed by atoms with Gasteiger partial charge < -0.3 is 14.5 Å². The Kier molecular flexibility index (Phi) is 2.61.